The minimum absolute atomic E-state index is 0.463. The van der Waals surface area contributed by atoms with Crippen LogP contribution in [0.2, 0.25) is 0 Å². The van der Waals surface area contributed by atoms with Gasteiger partial charge in [0.25, 0.3) is 0 Å². The highest BCUT2D eigenvalue weighted by Crippen LogP contribution is 2.24. The van der Waals surface area contributed by atoms with Gasteiger partial charge in [0.1, 0.15) is 0 Å². The standard InChI is InChI=1S/C16H20N2S/c1-12-10-19-11-14(12)9-18-16-6-7-17-8-13-4-2-3-5-15(13)16/h2-5,10-11,16-18H,6-9H2,1H3. The zero-order valence-electron chi connectivity index (χ0n) is 11.3. The lowest BCUT2D eigenvalue weighted by Crippen LogP contribution is -2.22. The van der Waals surface area contributed by atoms with Crippen LogP contribution in [0.3, 0.4) is 0 Å². The molecule has 1 unspecified atom stereocenters. The summed E-state index contributed by atoms with van der Waals surface area (Å²) in [6.45, 7) is 5.23. The molecule has 0 saturated carbocycles. The molecule has 100 valence electrons. The van der Waals surface area contributed by atoms with Crippen LogP contribution in [0.25, 0.3) is 0 Å². The van der Waals surface area contributed by atoms with Crippen molar-refractivity contribution in [2.75, 3.05) is 6.54 Å². The highest BCUT2D eigenvalue weighted by atomic mass is 32.1. The molecule has 0 bridgehead atoms. The minimum Gasteiger partial charge on any atom is -0.313 e. The van der Waals surface area contributed by atoms with Crippen LogP contribution in [0.1, 0.15) is 34.7 Å². The summed E-state index contributed by atoms with van der Waals surface area (Å²) in [5.41, 5.74) is 5.72. The van der Waals surface area contributed by atoms with E-state index in [0.29, 0.717) is 6.04 Å². The van der Waals surface area contributed by atoms with E-state index in [1.54, 1.807) is 11.3 Å². The molecule has 0 saturated heterocycles. The van der Waals surface area contributed by atoms with E-state index in [9.17, 15) is 0 Å². The molecule has 0 radical (unpaired) electrons. The maximum atomic E-state index is 3.73. The number of hydrogen-bond acceptors (Lipinski definition) is 3. The van der Waals surface area contributed by atoms with Crippen LogP contribution in [0.5, 0.6) is 0 Å². The lowest BCUT2D eigenvalue weighted by atomic mass is 9.99. The molecule has 1 aliphatic heterocycles. The van der Waals surface area contributed by atoms with E-state index in [2.05, 4.69) is 52.6 Å². The molecule has 0 spiro atoms. The Kier molecular flexibility index (Phi) is 3.97. The molecular weight excluding hydrogens is 252 g/mol. The van der Waals surface area contributed by atoms with Crippen molar-refractivity contribution in [2.24, 2.45) is 0 Å². The maximum absolute atomic E-state index is 3.73. The van der Waals surface area contributed by atoms with E-state index in [1.165, 1.54) is 22.3 Å². The van der Waals surface area contributed by atoms with Crippen LogP contribution in [0, 0.1) is 6.92 Å². The lowest BCUT2D eigenvalue weighted by Gasteiger charge is -2.19. The highest BCUT2D eigenvalue weighted by Gasteiger charge is 2.17. The second-order valence-electron chi connectivity index (χ2n) is 5.18. The highest BCUT2D eigenvalue weighted by molar-refractivity contribution is 7.08. The third-order valence-electron chi connectivity index (χ3n) is 3.86. The first-order chi connectivity index (χ1) is 9.34. The largest absolute Gasteiger partial charge is 0.313 e. The molecule has 1 aromatic carbocycles. The van der Waals surface area contributed by atoms with Gasteiger partial charge in [-0.1, -0.05) is 24.3 Å². The van der Waals surface area contributed by atoms with Crippen molar-refractivity contribution < 1.29 is 0 Å². The first-order valence-electron chi connectivity index (χ1n) is 6.88. The SMILES string of the molecule is Cc1cscc1CNC1CCNCc2ccccc21. The number of aryl methyl sites for hydroxylation is 1. The van der Waals surface area contributed by atoms with Crippen molar-refractivity contribution in [1.82, 2.24) is 10.6 Å². The third-order valence-corrected chi connectivity index (χ3v) is 4.77. The maximum Gasteiger partial charge on any atom is 0.0338 e. The van der Waals surface area contributed by atoms with Crippen molar-refractivity contribution in [3.05, 3.63) is 57.3 Å². The van der Waals surface area contributed by atoms with Crippen LogP contribution in [0.4, 0.5) is 0 Å². The zero-order valence-corrected chi connectivity index (χ0v) is 12.1. The van der Waals surface area contributed by atoms with Gasteiger partial charge in [0.15, 0.2) is 0 Å². The van der Waals surface area contributed by atoms with Gasteiger partial charge in [-0.3, -0.25) is 0 Å². The Morgan fingerprint density at radius 3 is 3.05 bits per heavy atom. The van der Waals surface area contributed by atoms with Gasteiger partial charge < -0.3 is 10.6 Å². The van der Waals surface area contributed by atoms with Gasteiger partial charge in [0.2, 0.25) is 0 Å². The summed E-state index contributed by atoms with van der Waals surface area (Å²) in [7, 11) is 0. The molecule has 3 rings (SSSR count). The van der Waals surface area contributed by atoms with Crippen molar-refractivity contribution in [3.8, 4) is 0 Å². The summed E-state index contributed by atoms with van der Waals surface area (Å²) in [5.74, 6) is 0. The van der Waals surface area contributed by atoms with E-state index in [0.717, 1.165) is 26.1 Å². The molecule has 2 aromatic rings. The second kappa shape index (κ2) is 5.87. The van der Waals surface area contributed by atoms with Gasteiger partial charge >= 0.3 is 0 Å². The molecule has 0 aliphatic carbocycles. The normalized spacial score (nSPS) is 18.9. The fourth-order valence-corrected chi connectivity index (χ4v) is 3.53. The summed E-state index contributed by atoms with van der Waals surface area (Å²) in [6, 6.07) is 9.24. The fourth-order valence-electron chi connectivity index (χ4n) is 2.67. The molecule has 19 heavy (non-hydrogen) atoms. The summed E-state index contributed by atoms with van der Waals surface area (Å²) in [4.78, 5) is 0. The van der Waals surface area contributed by atoms with Gasteiger partial charge in [-0.15, -0.1) is 0 Å². The average molecular weight is 272 g/mol. The average Bonchev–Trinajstić information content (AvgIpc) is 2.73. The summed E-state index contributed by atoms with van der Waals surface area (Å²) in [6.07, 6.45) is 1.15. The Morgan fingerprint density at radius 2 is 2.21 bits per heavy atom. The van der Waals surface area contributed by atoms with Crippen LogP contribution in [-0.2, 0) is 13.1 Å². The Labute approximate surface area is 118 Å². The number of hydrogen-bond donors (Lipinski definition) is 2. The van der Waals surface area contributed by atoms with Crippen LogP contribution >= 0.6 is 11.3 Å². The molecule has 1 aromatic heterocycles. The van der Waals surface area contributed by atoms with Crippen LogP contribution < -0.4 is 10.6 Å². The number of benzene rings is 1. The number of nitrogens with one attached hydrogen (secondary N) is 2. The van der Waals surface area contributed by atoms with E-state index in [4.69, 9.17) is 0 Å². The Bertz CT molecular complexity index is 547. The predicted molar refractivity (Wildman–Crippen MR) is 81.4 cm³/mol. The van der Waals surface area contributed by atoms with E-state index in [1.807, 2.05) is 0 Å². The van der Waals surface area contributed by atoms with Crippen molar-refractivity contribution in [3.63, 3.8) is 0 Å². The van der Waals surface area contributed by atoms with Gasteiger partial charge in [0, 0.05) is 19.1 Å². The quantitative estimate of drug-likeness (QED) is 0.895. The molecule has 0 amide bonds. The summed E-state index contributed by atoms with van der Waals surface area (Å²) < 4.78 is 0. The van der Waals surface area contributed by atoms with Gasteiger partial charge in [-0.25, -0.2) is 0 Å². The summed E-state index contributed by atoms with van der Waals surface area (Å²) in [5, 5.41) is 11.7. The first-order valence-corrected chi connectivity index (χ1v) is 7.82. The molecular formula is C16H20N2S. The van der Waals surface area contributed by atoms with E-state index in [-0.39, 0.29) is 0 Å². The molecule has 2 nitrogen and oxygen atoms in total. The predicted octanol–water partition coefficient (Wildman–Crippen LogP) is 3.38. The van der Waals surface area contributed by atoms with Gasteiger partial charge in [-0.05, 0) is 52.9 Å². The lowest BCUT2D eigenvalue weighted by molar-refractivity contribution is 0.495. The Morgan fingerprint density at radius 1 is 1.32 bits per heavy atom. The molecule has 3 heteroatoms. The van der Waals surface area contributed by atoms with Crippen molar-refractivity contribution >= 4 is 11.3 Å². The van der Waals surface area contributed by atoms with Crippen molar-refractivity contribution in [2.45, 2.75) is 32.5 Å². The molecule has 2 heterocycles. The topological polar surface area (TPSA) is 24.1 Å². The number of rotatable bonds is 3. The van der Waals surface area contributed by atoms with Gasteiger partial charge in [0.05, 0.1) is 0 Å². The fraction of sp³-hybridized carbons (Fsp3) is 0.375. The number of fused-ring (bicyclic) bond motifs is 1. The van der Waals surface area contributed by atoms with E-state index < -0.39 is 0 Å². The zero-order chi connectivity index (χ0) is 13.1. The van der Waals surface area contributed by atoms with Crippen LogP contribution in [-0.4, -0.2) is 6.54 Å². The first kappa shape index (κ1) is 12.9. The molecule has 2 N–H and O–H groups in total. The Balaban J connectivity index is 1.75. The van der Waals surface area contributed by atoms with Crippen LogP contribution in [0.15, 0.2) is 35.0 Å². The smallest absolute Gasteiger partial charge is 0.0338 e. The Hall–Kier alpha value is -1.16. The summed E-state index contributed by atoms with van der Waals surface area (Å²) >= 11 is 1.79. The number of thiophene rings is 1. The molecule has 1 atom stereocenters. The third kappa shape index (κ3) is 2.89. The van der Waals surface area contributed by atoms with Gasteiger partial charge in [-0.2, -0.15) is 11.3 Å². The minimum atomic E-state index is 0.463. The van der Waals surface area contributed by atoms with Crippen molar-refractivity contribution in [1.29, 1.82) is 0 Å². The monoisotopic (exact) mass is 272 g/mol. The molecule has 1 aliphatic rings. The molecule has 0 fully saturated rings. The second-order valence-corrected chi connectivity index (χ2v) is 5.92. The van der Waals surface area contributed by atoms with E-state index >= 15 is 0 Å².